The van der Waals surface area contributed by atoms with Crippen LogP contribution in [0, 0.1) is 11.3 Å². The van der Waals surface area contributed by atoms with E-state index in [0.717, 1.165) is 57.9 Å². The van der Waals surface area contributed by atoms with Crippen molar-refractivity contribution in [2.75, 3.05) is 50.8 Å². The van der Waals surface area contributed by atoms with Gasteiger partial charge in [-0.15, -0.1) is 0 Å². The van der Waals surface area contributed by atoms with Crippen LogP contribution in [0.15, 0.2) is 18.5 Å². The van der Waals surface area contributed by atoms with Crippen LogP contribution in [0.5, 0.6) is 0 Å². The maximum Gasteiger partial charge on any atom is 0.225 e. The minimum Gasteiger partial charge on any atom is -0.396 e. The summed E-state index contributed by atoms with van der Waals surface area (Å²) in [5.74, 6) is 1.05. The van der Waals surface area contributed by atoms with Crippen LogP contribution < -0.4 is 4.90 Å². The number of likely N-dealkylation sites (tertiary alicyclic amines) is 1. The minimum absolute atomic E-state index is 0.226. The standard InChI is InChI=1S/C16H26N4O2/c21-11-10-19-7-2-16(3-8-19)4-9-20(12-14(16)13-22)15-17-5-1-6-18-15/h1,5-6,14,21-22H,2-4,7-13H2/t14-/m1/s1. The predicted octanol–water partition coefficient (Wildman–Crippen LogP) is 0.370. The zero-order chi connectivity index (χ0) is 15.4. The van der Waals surface area contributed by atoms with Crippen LogP contribution in [0.4, 0.5) is 5.95 Å². The van der Waals surface area contributed by atoms with Crippen molar-refractivity contribution in [3.8, 4) is 0 Å². The summed E-state index contributed by atoms with van der Waals surface area (Å²) in [5, 5.41) is 19.0. The number of hydrogen-bond acceptors (Lipinski definition) is 6. The van der Waals surface area contributed by atoms with Gasteiger partial charge < -0.3 is 20.0 Å². The Balaban J connectivity index is 1.66. The molecule has 3 heterocycles. The molecule has 1 spiro atoms. The zero-order valence-corrected chi connectivity index (χ0v) is 13.1. The van der Waals surface area contributed by atoms with Gasteiger partial charge in [-0.2, -0.15) is 0 Å². The van der Waals surface area contributed by atoms with Gasteiger partial charge in [-0.05, 0) is 43.8 Å². The average molecular weight is 306 g/mol. The molecule has 0 aliphatic carbocycles. The van der Waals surface area contributed by atoms with E-state index in [0.29, 0.717) is 0 Å². The van der Waals surface area contributed by atoms with Crippen molar-refractivity contribution in [2.24, 2.45) is 11.3 Å². The highest BCUT2D eigenvalue weighted by Gasteiger charge is 2.44. The number of aliphatic hydroxyl groups is 2. The Hall–Kier alpha value is -1.24. The first-order chi connectivity index (χ1) is 10.8. The number of hydrogen-bond donors (Lipinski definition) is 2. The summed E-state index contributed by atoms with van der Waals surface area (Å²) < 4.78 is 0. The van der Waals surface area contributed by atoms with Crippen LogP contribution in [0.3, 0.4) is 0 Å². The molecule has 1 aromatic rings. The highest BCUT2D eigenvalue weighted by molar-refractivity contribution is 5.30. The van der Waals surface area contributed by atoms with E-state index >= 15 is 0 Å². The monoisotopic (exact) mass is 306 g/mol. The van der Waals surface area contributed by atoms with Crippen molar-refractivity contribution in [3.05, 3.63) is 18.5 Å². The molecule has 0 aromatic carbocycles. The summed E-state index contributed by atoms with van der Waals surface area (Å²) in [5.41, 5.74) is 0.242. The van der Waals surface area contributed by atoms with Gasteiger partial charge in [-0.1, -0.05) is 0 Å². The van der Waals surface area contributed by atoms with E-state index < -0.39 is 0 Å². The number of anilines is 1. The van der Waals surface area contributed by atoms with Crippen LogP contribution >= 0.6 is 0 Å². The molecular weight excluding hydrogens is 280 g/mol. The largest absolute Gasteiger partial charge is 0.396 e. The molecule has 6 nitrogen and oxygen atoms in total. The topological polar surface area (TPSA) is 72.7 Å². The van der Waals surface area contributed by atoms with Crippen molar-refractivity contribution in [1.82, 2.24) is 14.9 Å². The highest BCUT2D eigenvalue weighted by Crippen LogP contribution is 2.45. The predicted molar refractivity (Wildman–Crippen MR) is 84.6 cm³/mol. The second kappa shape index (κ2) is 6.89. The quantitative estimate of drug-likeness (QED) is 0.837. The van der Waals surface area contributed by atoms with E-state index in [4.69, 9.17) is 5.11 Å². The zero-order valence-electron chi connectivity index (χ0n) is 13.1. The molecule has 6 heteroatoms. The molecule has 2 aliphatic heterocycles. The van der Waals surface area contributed by atoms with Gasteiger partial charge in [0, 0.05) is 44.6 Å². The van der Waals surface area contributed by atoms with Crippen LogP contribution in [0.25, 0.3) is 0 Å². The summed E-state index contributed by atoms with van der Waals surface area (Å²) >= 11 is 0. The lowest BCUT2D eigenvalue weighted by Crippen LogP contribution is -2.54. The molecule has 1 aromatic heterocycles. The maximum atomic E-state index is 9.92. The van der Waals surface area contributed by atoms with E-state index in [1.807, 2.05) is 6.07 Å². The van der Waals surface area contributed by atoms with Gasteiger partial charge in [0.25, 0.3) is 0 Å². The van der Waals surface area contributed by atoms with Crippen molar-refractivity contribution < 1.29 is 10.2 Å². The molecule has 0 amide bonds. The lowest BCUT2D eigenvalue weighted by Gasteiger charge is -2.51. The van der Waals surface area contributed by atoms with Crippen molar-refractivity contribution in [3.63, 3.8) is 0 Å². The van der Waals surface area contributed by atoms with Crippen LogP contribution in [-0.2, 0) is 0 Å². The molecular formula is C16H26N4O2. The lowest BCUT2D eigenvalue weighted by molar-refractivity contribution is -0.000370. The fourth-order valence-electron chi connectivity index (χ4n) is 4.02. The first-order valence-electron chi connectivity index (χ1n) is 8.23. The number of nitrogens with zero attached hydrogens (tertiary/aromatic N) is 4. The molecule has 1 atom stereocenters. The molecule has 3 rings (SSSR count). The Morgan fingerprint density at radius 2 is 1.77 bits per heavy atom. The Bertz CT molecular complexity index is 462. The van der Waals surface area contributed by atoms with Crippen LogP contribution in [0.1, 0.15) is 19.3 Å². The van der Waals surface area contributed by atoms with Gasteiger partial charge in [0.05, 0.1) is 6.61 Å². The molecule has 0 radical (unpaired) electrons. The van der Waals surface area contributed by atoms with E-state index in [-0.39, 0.29) is 24.5 Å². The molecule has 2 N–H and O–H groups in total. The molecule has 0 saturated carbocycles. The second-order valence-electron chi connectivity index (χ2n) is 6.55. The summed E-state index contributed by atoms with van der Waals surface area (Å²) in [7, 11) is 0. The van der Waals surface area contributed by atoms with Crippen molar-refractivity contribution in [1.29, 1.82) is 0 Å². The third kappa shape index (κ3) is 3.09. The van der Waals surface area contributed by atoms with Gasteiger partial charge in [0.15, 0.2) is 0 Å². The number of aromatic nitrogens is 2. The smallest absolute Gasteiger partial charge is 0.225 e. The fourth-order valence-corrected chi connectivity index (χ4v) is 4.02. The maximum absolute atomic E-state index is 9.92. The second-order valence-corrected chi connectivity index (χ2v) is 6.55. The summed E-state index contributed by atoms with van der Waals surface area (Å²) in [6, 6.07) is 1.83. The third-order valence-electron chi connectivity index (χ3n) is 5.51. The SMILES string of the molecule is OCCN1CCC2(CC1)CCN(c1ncccn1)C[C@@H]2CO. The van der Waals surface area contributed by atoms with E-state index in [9.17, 15) is 5.11 Å². The molecule has 22 heavy (non-hydrogen) atoms. The van der Waals surface area contributed by atoms with Crippen molar-refractivity contribution in [2.45, 2.75) is 19.3 Å². The molecule has 2 fully saturated rings. The summed E-state index contributed by atoms with van der Waals surface area (Å²) in [4.78, 5) is 13.2. The van der Waals surface area contributed by atoms with Crippen LogP contribution in [0.2, 0.25) is 0 Å². The van der Waals surface area contributed by atoms with E-state index in [2.05, 4.69) is 19.8 Å². The Morgan fingerprint density at radius 1 is 1.09 bits per heavy atom. The highest BCUT2D eigenvalue weighted by atomic mass is 16.3. The van der Waals surface area contributed by atoms with Gasteiger partial charge >= 0.3 is 0 Å². The summed E-state index contributed by atoms with van der Waals surface area (Å²) in [6.45, 7) is 5.07. The van der Waals surface area contributed by atoms with Crippen LogP contribution in [-0.4, -0.2) is 71.0 Å². The molecule has 0 unspecified atom stereocenters. The molecule has 2 saturated heterocycles. The number of β-amino-alcohol motifs (C(OH)–C–C–N with tert-alkyl or cyclic N) is 1. The fraction of sp³-hybridized carbons (Fsp3) is 0.750. The first kappa shape index (κ1) is 15.6. The molecule has 2 aliphatic rings. The molecule has 0 bridgehead atoms. The van der Waals surface area contributed by atoms with E-state index in [1.54, 1.807) is 12.4 Å². The Morgan fingerprint density at radius 3 is 2.41 bits per heavy atom. The lowest BCUT2D eigenvalue weighted by atomic mass is 9.64. The van der Waals surface area contributed by atoms with Gasteiger partial charge in [-0.25, -0.2) is 9.97 Å². The normalized spacial score (nSPS) is 25.5. The van der Waals surface area contributed by atoms with Gasteiger partial charge in [-0.3, -0.25) is 0 Å². The Kier molecular flexibility index (Phi) is 4.90. The number of aliphatic hydroxyl groups excluding tert-OH is 2. The Labute approximate surface area is 131 Å². The average Bonchev–Trinajstić information content (AvgIpc) is 2.58. The van der Waals surface area contributed by atoms with Crippen molar-refractivity contribution >= 4 is 5.95 Å². The third-order valence-corrected chi connectivity index (χ3v) is 5.51. The minimum atomic E-state index is 0.226. The van der Waals surface area contributed by atoms with E-state index in [1.165, 1.54) is 0 Å². The summed E-state index contributed by atoms with van der Waals surface area (Å²) in [6.07, 6.45) is 6.86. The van der Waals surface area contributed by atoms with Gasteiger partial charge in [0.2, 0.25) is 5.95 Å². The molecule has 122 valence electrons. The number of rotatable bonds is 4. The number of piperidine rings is 2. The first-order valence-corrected chi connectivity index (χ1v) is 8.23. The van der Waals surface area contributed by atoms with Gasteiger partial charge in [0.1, 0.15) is 0 Å².